The number of halogens is 1. The SMILES string of the molecule is O=Cc1cccn(-c2ccccc2F)c1=S. The number of aromatic nitrogens is 1. The van der Waals surface area contributed by atoms with Gasteiger partial charge in [-0.1, -0.05) is 24.4 Å². The van der Waals surface area contributed by atoms with Gasteiger partial charge in [-0.2, -0.15) is 0 Å². The number of carbonyl (C=O) groups is 1. The molecular formula is C12H8FNOS. The van der Waals surface area contributed by atoms with Gasteiger partial charge in [-0.3, -0.25) is 4.79 Å². The zero-order valence-corrected chi connectivity index (χ0v) is 9.08. The van der Waals surface area contributed by atoms with Gasteiger partial charge in [0.05, 0.1) is 5.69 Å². The van der Waals surface area contributed by atoms with E-state index in [9.17, 15) is 9.18 Å². The van der Waals surface area contributed by atoms with Crippen LogP contribution in [0, 0.1) is 10.5 Å². The van der Waals surface area contributed by atoms with Crippen molar-refractivity contribution in [1.82, 2.24) is 4.57 Å². The summed E-state index contributed by atoms with van der Waals surface area (Å²) in [5.41, 5.74) is 0.719. The lowest BCUT2D eigenvalue weighted by Crippen LogP contribution is -2.01. The van der Waals surface area contributed by atoms with E-state index in [4.69, 9.17) is 12.2 Å². The highest BCUT2D eigenvalue weighted by Gasteiger charge is 2.04. The first kappa shape index (κ1) is 10.7. The third kappa shape index (κ3) is 1.79. The van der Waals surface area contributed by atoms with E-state index in [0.29, 0.717) is 22.2 Å². The molecule has 80 valence electrons. The second-order valence-electron chi connectivity index (χ2n) is 3.21. The van der Waals surface area contributed by atoms with Crippen molar-refractivity contribution in [2.24, 2.45) is 0 Å². The van der Waals surface area contributed by atoms with E-state index in [1.165, 1.54) is 10.6 Å². The summed E-state index contributed by atoms with van der Waals surface area (Å²) in [6, 6.07) is 9.54. The lowest BCUT2D eigenvalue weighted by Gasteiger charge is -2.08. The van der Waals surface area contributed by atoms with Crippen molar-refractivity contribution >= 4 is 18.5 Å². The van der Waals surface area contributed by atoms with Crippen LogP contribution in [0.4, 0.5) is 4.39 Å². The molecule has 0 atom stereocenters. The molecule has 2 nitrogen and oxygen atoms in total. The maximum Gasteiger partial charge on any atom is 0.153 e. The summed E-state index contributed by atoms with van der Waals surface area (Å²) < 4.78 is 15.3. The van der Waals surface area contributed by atoms with Gasteiger partial charge in [0.15, 0.2) is 6.29 Å². The molecule has 0 saturated heterocycles. The number of aldehydes is 1. The van der Waals surface area contributed by atoms with Crippen LogP contribution in [0.2, 0.25) is 0 Å². The Hall–Kier alpha value is -1.81. The Kier molecular flexibility index (Phi) is 2.92. The first-order chi connectivity index (χ1) is 7.74. The summed E-state index contributed by atoms with van der Waals surface area (Å²) in [6.07, 6.45) is 2.30. The van der Waals surface area contributed by atoms with Crippen LogP contribution < -0.4 is 0 Å². The standard InChI is InChI=1S/C12H8FNOS/c13-10-5-1-2-6-11(10)14-7-3-4-9(8-15)12(14)16/h1-8H. The lowest BCUT2D eigenvalue weighted by atomic mass is 10.2. The second kappa shape index (κ2) is 4.37. The van der Waals surface area contributed by atoms with Gasteiger partial charge < -0.3 is 4.57 Å². The van der Waals surface area contributed by atoms with E-state index in [1.54, 1.807) is 36.5 Å². The molecule has 16 heavy (non-hydrogen) atoms. The Bertz CT molecular complexity index is 592. The van der Waals surface area contributed by atoms with Crippen molar-refractivity contribution in [1.29, 1.82) is 0 Å². The minimum Gasteiger partial charge on any atom is -0.305 e. The molecule has 0 saturated carbocycles. The second-order valence-corrected chi connectivity index (χ2v) is 3.59. The van der Waals surface area contributed by atoms with E-state index < -0.39 is 0 Å². The fourth-order valence-electron chi connectivity index (χ4n) is 1.44. The molecule has 1 aromatic heterocycles. The molecule has 2 aromatic rings. The van der Waals surface area contributed by atoms with E-state index in [1.807, 2.05) is 0 Å². The number of hydrogen-bond donors (Lipinski definition) is 0. The van der Waals surface area contributed by atoms with Crippen molar-refractivity contribution in [2.45, 2.75) is 0 Å². The van der Waals surface area contributed by atoms with Crippen LogP contribution in [0.15, 0.2) is 42.6 Å². The summed E-state index contributed by atoms with van der Waals surface area (Å²) in [5.74, 6) is -0.373. The Morgan fingerprint density at radius 2 is 1.94 bits per heavy atom. The minimum absolute atomic E-state index is 0.308. The molecule has 1 heterocycles. The molecule has 0 aliphatic carbocycles. The first-order valence-electron chi connectivity index (χ1n) is 4.66. The molecule has 0 radical (unpaired) electrons. The van der Waals surface area contributed by atoms with Crippen LogP contribution in [0.3, 0.4) is 0 Å². The van der Waals surface area contributed by atoms with Gasteiger partial charge in [0.25, 0.3) is 0 Å². The fraction of sp³-hybridized carbons (Fsp3) is 0. The van der Waals surface area contributed by atoms with Crippen molar-refractivity contribution in [3.63, 3.8) is 0 Å². The number of rotatable bonds is 2. The summed E-state index contributed by atoms with van der Waals surface area (Å²) in [5, 5.41) is 0. The van der Waals surface area contributed by atoms with Gasteiger partial charge >= 0.3 is 0 Å². The first-order valence-corrected chi connectivity index (χ1v) is 5.06. The molecule has 0 aliphatic heterocycles. The molecule has 4 heteroatoms. The average Bonchev–Trinajstić information content (AvgIpc) is 2.31. The molecule has 0 aliphatic rings. The molecule has 2 rings (SSSR count). The van der Waals surface area contributed by atoms with Crippen LogP contribution in [0.25, 0.3) is 5.69 Å². The number of pyridine rings is 1. The van der Waals surface area contributed by atoms with Gasteiger partial charge in [-0.25, -0.2) is 4.39 Å². The van der Waals surface area contributed by atoms with Crippen molar-refractivity contribution < 1.29 is 9.18 Å². The van der Waals surface area contributed by atoms with E-state index in [0.717, 1.165) is 0 Å². The Morgan fingerprint density at radius 3 is 2.62 bits per heavy atom. The lowest BCUT2D eigenvalue weighted by molar-refractivity contribution is 0.112. The Morgan fingerprint density at radius 1 is 1.19 bits per heavy atom. The van der Waals surface area contributed by atoms with Crippen molar-refractivity contribution in [2.75, 3.05) is 0 Å². The van der Waals surface area contributed by atoms with E-state index in [-0.39, 0.29) is 5.82 Å². The van der Waals surface area contributed by atoms with Crippen LogP contribution in [-0.4, -0.2) is 10.9 Å². The summed E-state index contributed by atoms with van der Waals surface area (Å²) in [7, 11) is 0. The quantitative estimate of drug-likeness (QED) is 0.587. The maximum absolute atomic E-state index is 13.5. The minimum atomic E-state index is -0.373. The highest BCUT2D eigenvalue weighted by Crippen LogP contribution is 2.14. The summed E-state index contributed by atoms with van der Waals surface area (Å²) >= 11 is 5.10. The van der Waals surface area contributed by atoms with Crippen molar-refractivity contribution in [3.05, 3.63) is 58.6 Å². The van der Waals surface area contributed by atoms with Crippen LogP contribution in [0.5, 0.6) is 0 Å². The third-order valence-corrected chi connectivity index (χ3v) is 2.65. The highest BCUT2D eigenvalue weighted by molar-refractivity contribution is 7.71. The molecule has 0 spiro atoms. The number of nitrogens with zero attached hydrogens (tertiary/aromatic N) is 1. The van der Waals surface area contributed by atoms with Crippen molar-refractivity contribution in [3.8, 4) is 5.69 Å². The largest absolute Gasteiger partial charge is 0.305 e. The topological polar surface area (TPSA) is 22.0 Å². The monoisotopic (exact) mass is 233 g/mol. The van der Waals surface area contributed by atoms with Crippen LogP contribution >= 0.6 is 12.2 Å². The molecule has 0 unspecified atom stereocenters. The molecular weight excluding hydrogens is 225 g/mol. The van der Waals surface area contributed by atoms with Gasteiger partial charge in [0.2, 0.25) is 0 Å². The zero-order chi connectivity index (χ0) is 11.5. The third-order valence-electron chi connectivity index (χ3n) is 2.22. The van der Waals surface area contributed by atoms with Crippen LogP contribution in [0.1, 0.15) is 10.4 Å². The van der Waals surface area contributed by atoms with Gasteiger partial charge in [-0.05, 0) is 24.3 Å². The van der Waals surface area contributed by atoms with Gasteiger partial charge in [0.1, 0.15) is 10.5 Å². The Labute approximate surface area is 97.0 Å². The van der Waals surface area contributed by atoms with E-state index in [2.05, 4.69) is 0 Å². The number of benzene rings is 1. The number of para-hydroxylation sites is 1. The van der Waals surface area contributed by atoms with Gasteiger partial charge in [0, 0.05) is 11.8 Å². The molecule has 0 amide bonds. The molecule has 0 fully saturated rings. The summed E-state index contributed by atoms with van der Waals surface area (Å²) in [6.45, 7) is 0. The molecule has 1 aromatic carbocycles. The maximum atomic E-state index is 13.5. The predicted octanol–water partition coefficient (Wildman–Crippen LogP) is 3.16. The Balaban J connectivity index is 2.71. The van der Waals surface area contributed by atoms with Crippen LogP contribution in [-0.2, 0) is 0 Å². The highest BCUT2D eigenvalue weighted by atomic mass is 32.1. The smallest absolute Gasteiger partial charge is 0.153 e. The summed E-state index contributed by atoms with van der Waals surface area (Å²) in [4.78, 5) is 10.7. The molecule has 0 N–H and O–H groups in total. The number of hydrogen-bond acceptors (Lipinski definition) is 2. The predicted molar refractivity (Wildman–Crippen MR) is 61.9 cm³/mol. The molecule has 0 bridgehead atoms. The number of carbonyl (C=O) groups excluding carboxylic acids is 1. The average molecular weight is 233 g/mol. The normalized spacial score (nSPS) is 10.1. The van der Waals surface area contributed by atoms with E-state index >= 15 is 0 Å². The zero-order valence-electron chi connectivity index (χ0n) is 8.26. The van der Waals surface area contributed by atoms with Gasteiger partial charge in [-0.15, -0.1) is 0 Å². The fourth-order valence-corrected chi connectivity index (χ4v) is 1.71.